The van der Waals surface area contributed by atoms with Gasteiger partial charge in [-0.2, -0.15) is 5.10 Å². The van der Waals surface area contributed by atoms with Crippen LogP contribution in [0.5, 0.6) is 0 Å². The van der Waals surface area contributed by atoms with E-state index < -0.39 is 0 Å². The van der Waals surface area contributed by atoms with Gasteiger partial charge in [-0.25, -0.2) is 0 Å². The van der Waals surface area contributed by atoms with E-state index in [4.69, 9.17) is 5.73 Å². The van der Waals surface area contributed by atoms with Crippen molar-refractivity contribution >= 4 is 16.7 Å². The predicted octanol–water partition coefficient (Wildman–Crippen LogP) is 3.43. The molecule has 0 fully saturated rings. The Morgan fingerprint density at radius 2 is 1.86 bits per heavy atom. The highest BCUT2D eigenvalue weighted by molar-refractivity contribution is 5.92. The lowest BCUT2D eigenvalue weighted by molar-refractivity contribution is 0.321. The summed E-state index contributed by atoms with van der Waals surface area (Å²) >= 11 is 0. The van der Waals surface area contributed by atoms with Gasteiger partial charge in [-0.3, -0.25) is 5.10 Å². The SMILES string of the molecule is C[C@H](c1cccc(-c2ccc3[nH]nc(N)c3c2)c1)N(C)C. The summed E-state index contributed by atoms with van der Waals surface area (Å²) < 4.78 is 0. The van der Waals surface area contributed by atoms with Crippen LogP contribution < -0.4 is 5.73 Å². The lowest BCUT2D eigenvalue weighted by atomic mass is 9.99. The first kappa shape index (κ1) is 13.6. The van der Waals surface area contributed by atoms with Gasteiger partial charge in [0.2, 0.25) is 0 Å². The Morgan fingerprint density at radius 1 is 1.10 bits per heavy atom. The zero-order chi connectivity index (χ0) is 15.0. The van der Waals surface area contributed by atoms with Gasteiger partial charge in [0, 0.05) is 11.4 Å². The van der Waals surface area contributed by atoms with Crippen LogP contribution in [-0.4, -0.2) is 29.2 Å². The smallest absolute Gasteiger partial charge is 0.153 e. The molecule has 0 aliphatic heterocycles. The van der Waals surface area contributed by atoms with Crippen molar-refractivity contribution in [2.75, 3.05) is 19.8 Å². The van der Waals surface area contributed by atoms with E-state index in [-0.39, 0.29) is 0 Å². The lowest BCUT2D eigenvalue weighted by Crippen LogP contribution is -2.16. The van der Waals surface area contributed by atoms with Crippen molar-refractivity contribution in [1.29, 1.82) is 0 Å². The fourth-order valence-corrected chi connectivity index (χ4v) is 2.49. The molecule has 4 heteroatoms. The van der Waals surface area contributed by atoms with E-state index in [0.29, 0.717) is 11.9 Å². The van der Waals surface area contributed by atoms with E-state index in [9.17, 15) is 0 Å². The average Bonchev–Trinajstić information content (AvgIpc) is 2.87. The third-order valence-corrected chi connectivity index (χ3v) is 4.07. The zero-order valence-electron chi connectivity index (χ0n) is 12.6. The summed E-state index contributed by atoms with van der Waals surface area (Å²) in [5, 5.41) is 7.95. The molecule has 0 saturated carbocycles. The van der Waals surface area contributed by atoms with Crippen molar-refractivity contribution in [3.05, 3.63) is 48.0 Å². The summed E-state index contributed by atoms with van der Waals surface area (Å²) in [6.07, 6.45) is 0. The van der Waals surface area contributed by atoms with Crippen molar-refractivity contribution in [3.8, 4) is 11.1 Å². The maximum Gasteiger partial charge on any atom is 0.153 e. The number of nitrogens with two attached hydrogens (primary N) is 1. The minimum absolute atomic E-state index is 0.382. The Labute approximate surface area is 124 Å². The molecule has 0 aliphatic carbocycles. The zero-order valence-corrected chi connectivity index (χ0v) is 12.6. The average molecular weight is 280 g/mol. The highest BCUT2D eigenvalue weighted by Crippen LogP contribution is 2.28. The molecule has 21 heavy (non-hydrogen) atoms. The van der Waals surface area contributed by atoms with Crippen LogP contribution in [0.2, 0.25) is 0 Å². The molecule has 108 valence electrons. The molecule has 0 saturated heterocycles. The standard InChI is InChI=1S/C17H20N4/c1-11(21(2)3)12-5-4-6-13(9-12)14-7-8-16-15(10-14)17(18)20-19-16/h4-11H,1-3H3,(H3,18,19,20)/t11-/m1/s1. The number of anilines is 1. The van der Waals surface area contributed by atoms with Crippen molar-refractivity contribution in [3.63, 3.8) is 0 Å². The Morgan fingerprint density at radius 3 is 2.62 bits per heavy atom. The molecule has 3 N–H and O–H groups in total. The highest BCUT2D eigenvalue weighted by atomic mass is 15.1. The van der Waals surface area contributed by atoms with Crippen LogP contribution in [0.4, 0.5) is 5.82 Å². The summed E-state index contributed by atoms with van der Waals surface area (Å²) in [6, 6.07) is 15.2. The fraction of sp³-hybridized carbons (Fsp3) is 0.235. The number of aromatic amines is 1. The largest absolute Gasteiger partial charge is 0.382 e. The van der Waals surface area contributed by atoms with E-state index in [1.807, 2.05) is 6.07 Å². The number of nitrogen functional groups attached to an aromatic ring is 1. The van der Waals surface area contributed by atoms with Gasteiger partial charge < -0.3 is 10.6 Å². The molecule has 2 aromatic carbocycles. The first-order valence-electron chi connectivity index (χ1n) is 7.06. The number of hydrogen-bond donors (Lipinski definition) is 2. The minimum atomic E-state index is 0.382. The first-order valence-corrected chi connectivity index (χ1v) is 7.06. The number of nitrogens with zero attached hydrogens (tertiary/aromatic N) is 2. The van der Waals surface area contributed by atoms with Gasteiger partial charge in [-0.05, 0) is 55.9 Å². The Kier molecular flexibility index (Phi) is 3.39. The van der Waals surface area contributed by atoms with Crippen molar-refractivity contribution in [1.82, 2.24) is 15.1 Å². The van der Waals surface area contributed by atoms with E-state index in [2.05, 4.69) is 72.5 Å². The molecule has 4 nitrogen and oxygen atoms in total. The molecular formula is C17H20N4. The van der Waals surface area contributed by atoms with Gasteiger partial charge in [0.25, 0.3) is 0 Å². The molecular weight excluding hydrogens is 260 g/mol. The molecule has 0 unspecified atom stereocenters. The molecule has 0 aliphatic rings. The predicted molar refractivity (Wildman–Crippen MR) is 88.0 cm³/mol. The number of hydrogen-bond acceptors (Lipinski definition) is 3. The first-order chi connectivity index (χ1) is 10.1. The van der Waals surface area contributed by atoms with Gasteiger partial charge in [0.15, 0.2) is 5.82 Å². The Bertz CT molecular complexity index is 773. The number of aromatic nitrogens is 2. The molecule has 0 spiro atoms. The molecule has 1 atom stereocenters. The molecule has 3 aromatic rings. The number of nitrogens with one attached hydrogen (secondary N) is 1. The topological polar surface area (TPSA) is 57.9 Å². The van der Waals surface area contributed by atoms with E-state index in [0.717, 1.165) is 16.5 Å². The maximum atomic E-state index is 5.89. The summed E-state index contributed by atoms with van der Waals surface area (Å²) in [5.74, 6) is 0.546. The van der Waals surface area contributed by atoms with Crippen molar-refractivity contribution in [2.45, 2.75) is 13.0 Å². The fourth-order valence-electron chi connectivity index (χ4n) is 2.49. The normalized spacial score (nSPS) is 13.0. The van der Waals surface area contributed by atoms with Crippen LogP contribution in [0.15, 0.2) is 42.5 Å². The highest BCUT2D eigenvalue weighted by Gasteiger charge is 2.10. The van der Waals surface area contributed by atoms with Crippen LogP contribution in [0.3, 0.4) is 0 Å². The van der Waals surface area contributed by atoms with E-state index >= 15 is 0 Å². The molecule has 3 rings (SSSR count). The summed E-state index contributed by atoms with van der Waals surface area (Å²) in [7, 11) is 4.19. The third kappa shape index (κ3) is 2.50. The molecule has 0 amide bonds. The van der Waals surface area contributed by atoms with Gasteiger partial charge in [0.05, 0.1) is 5.52 Å². The van der Waals surface area contributed by atoms with Gasteiger partial charge in [-0.15, -0.1) is 0 Å². The van der Waals surface area contributed by atoms with Crippen LogP contribution in [0, 0.1) is 0 Å². The second-order valence-corrected chi connectivity index (χ2v) is 5.63. The van der Waals surface area contributed by atoms with Crippen LogP contribution >= 0.6 is 0 Å². The van der Waals surface area contributed by atoms with Crippen molar-refractivity contribution < 1.29 is 0 Å². The lowest BCUT2D eigenvalue weighted by Gasteiger charge is -2.20. The minimum Gasteiger partial charge on any atom is -0.382 e. The van der Waals surface area contributed by atoms with Crippen LogP contribution in [-0.2, 0) is 0 Å². The van der Waals surface area contributed by atoms with E-state index in [1.54, 1.807) is 0 Å². The molecule has 1 heterocycles. The second kappa shape index (κ2) is 5.22. The number of H-pyrrole nitrogens is 1. The number of fused-ring (bicyclic) bond motifs is 1. The summed E-state index contributed by atoms with van der Waals surface area (Å²) in [5.41, 5.74) is 10.5. The number of benzene rings is 2. The molecule has 1 aromatic heterocycles. The van der Waals surface area contributed by atoms with Gasteiger partial charge in [-0.1, -0.05) is 24.3 Å². The summed E-state index contributed by atoms with van der Waals surface area (Å²) in [4.78, 5) is 2.20. The quantitative estimate of drug-likeness (QED) is 0.772. The second-order valence-electron chi connectivity index (χ2n) is 5.63. The third-order valence-electron chi connectivity index (χ3n) is 4.07. The van der Waals surface area contributed by atoms with Gasteiger partial charge in [0.1, 0.15) is 0 Å². The summed E-state index contributed by atoms with van der Waals surface area (Å²) in [6.45, 7) is 2.20. The number of rotatable bonds is 3. The Hall–Kier alpha value is -2.33. The van der Waals surface area contributed by atoms with Gasteiger partial charge >= 0.3 is 0 Å². The molecule has 0 bridgehead atoms. The maximum absolute atomic E-state index is 5.89. The van der Waals surface area contributed by atoms with Crippen molar-refractivity contribution in [2.24, 2.45) is 0 Å². The van der Waals surface area contributed by atoms with Crippen LogP contribution in [0.25, 0.3) is 22.0 Å². The van der Waals surface area contributed by atoms with Crippen LogP contribution in [0.1, 0.15) is 18.5 Å². The monoisotopic (exact) mass is 280 g/mol. The van der Waals surface area contributed by atoms with E-state index in [1.165, 1.54) is 11.1 Å². The Balaban J connectivity index is 2.05. The molecule has 0 radical (unpaired) electrons.